The van der Waals surface area contributed by atoms with E-state index in [0.717, 1.165) is 18.4 Å². The lowest BCUT2D eigenvalue weighted by Crippen LogP contribution is -2.45. The molecular weight excluding hydrogens is 222 g/mol. The van der Waals surface area contributed by atoms with Gasteiger partial charge in [-0.1, -0.05) is 38.0 Å². The van der Waals surface area contributed by atoms with Crippen LogP contribution in [0.1, 0.15) is 38.2 Å². The number of hydrogen-bond acceptors (Lipinski definition) is 1. The Morgan fingerprint density at radius 1 is 1.35 bits per heavy atom. The van der Waals surface area contributed by atoms with Crippen molar-refractivity contribution in [3.8, 4) is 5.75 Å². The van der Waals surface area contributed by atoms with Crippen LogP contribution in [-0.4, -0.2) is 12.0 Å². The van der Waals surface area contributed by atoms with E-state index in [0.29, 0.717) is 12.2 Å². The molecule has 2 rings (SSSR count). The van der Waals surface area contributed by atoms with Gasteiger partial charge in [0, 0.05) is 12.8 Å². The van der Waals surface area contributed by atoms with Crippen LogP contribution in [0.2, 0.25) is 0 Å². The van der Waals surface area contributed by atoms with Crippen LogP contribution < -0.4 is 4.74 Å². The highest BCUT2D eigenvalue weighted by Crippen LogP contribution is 2.38. The van der Waals surface area contributed by atoms with Gasteiger partial charge < -0.3 is 4.74 Å². The molecule has 94 valence electrons. The maximum Gasteiger partial charge on any atom is 0.279 e. The third kappa shape index (κ3) is 2.59. The van der Waals surface area contributed by atoms with Crippen LogP contribution in [0.25, 0.3) is 0 Å². The van der Waals surface area contributed by atoms with Crippen molar-refractivity contribution < 1.29 is 13.5 Å². The molecule has 0 aromatic heterocycles. The van der Waals surface area contributed by atoms with Crippen LogP contribution in [0.3, 0.4) is 0 Å². The van der Waals surface area contributed by atoms with E-state index in [9.17, 15) is 8.78 Å². The Bertz CT molecular complexity index is 380. The standard InChI is InChI=1S/C14H18F2O/c1-2-3-6-9-14(16)13(15)10-11-7-4-5-8-12(11)17-14/h4-5,7-8,13H,2-3,6,9-10H2,1H3. The van der Waals surface area contributed by atoms with E-state index < -0.39 is 12.0 Å². The normalized spacial score (nSPS) is 27.4. The van der Waals surface area contributed by atoms with Gasteiger partial charge in [-0.3, -0.25) is 0 Å². The third-order valence-electron chi connectivity index (χ3n) is 3.24. The zero-order valence-corrected chi connectivity index (χ0v) is 10.1. The predicted octanol–water partition coefficient (Wildman–Crippen LogP) is 4.21. The summed E-state index contributed by atoms with van der Waals surface area (Å²) >= 11 is 0. The fourth-order valence-corrected chi connectivity index (χ4v) is 2.19. The molecule has 1 aromatic rings. The lowest BCUT2D eigenvalue weighted by Gasteiger charge is -2.34. The zero-order valence-electron chi connectivity index (χ0n) is 10.1. The molecule has 0 fully saturated rings. The monoisotopic (exact) mass is 240 g/mol. The zero-order chi connectivity index (χ0) is 12.3. The Morgan fingerprint density at radius 3 is 2.88 bits per heavy atom. The van der Waals surface area contributed by atoms with Gasteiger partial charge in [-0.15, -0.1) is 0 Å². The first-order chi connectivity index (χ1) is 8.15. The molecule has 1 aliphatic rings. The summed E-state index contributed by atoms with van der Waals surface area (Å²) in [6.07, 6.45) is 1.24. The van der Waals surface area contributed by atoms with E-state index in [-0.39, 0.29) is 12.8 Å². The second-order valence-corrected chi connectivity index (χ2v) is 4.62. The van der Waals surface area contributed by atoms with Crippen LogP contribution >= 0.6 is 0 Å². The number of para-hydroxylation sites is 1. The first-order valence-corrected chi connectivity index (χ1v) is 6.25. The Hall–Kier alpha value is -1.12. The van der Waals surface area contributed by atoms with Crippen molar-refractivity contribution in [3.63, 3.8) is 0 Å². The Labute approximate surface area is 101 Å². The average molecular weight is 240 g/mol. The van der Waals surface area contributed by atoms with Gasteiger partial charge >= 0.3 is 0 Å². The van der Waals surface area contributed by atoms with Crippen LogP contribution in [0.5, 0.6) is 5.75 Å². The second kappa shape index (κ2) is 5.03. The topological polar surface area (TPSA) is 9.23 Å². The highest BCUT2D eigenvalue weighted by atomic mass is 19.2. The van der Waals surface area contributed by atoms with Crippen LogP contribution in [-0.2, 0) is 6.42 Å². The first-order valence-electron chi connectivity index (χ1n) is 6.25. The number of benzene rings is 1. The van der Waals surface area contributed by atoms with Crippen molar-refractivity contribution in [2.45, 2.75) is 51.1 Å². The molecule has 1 aromatic carbocycles. The molecule has 2 atom stereocenters. The molecule has 0 N–H and O–H groups in total. The molecule has 0 spiro atoms. The Kier molecular flexibility index (Phi) is 3.65. The maximum atomic E-state index is 14.4. The van der Waals surface area contributed by atoms with Crippen molar-refractivity contribution in [2.24, 2.45) is 0 Å². The van der Waals surface area contributed by atoms with Crippen molar-refractivity contribution >= 4 is 0 Å². The van der Waals surface area contributed by atoms with Crippen molar-refractivity contribution in [1.29, 1.82) is 0 Å². The summed E-state index contributed by atoms with van der Waals surface area (Å²) < 4.78 is 33.4. The highest BCUT2D eigenvalue weighted by Gasteiger charge is 2.45. The second-order valence-electron chi connectivity index (χ2n) is 4.62. The van der Waals surface area contributed by atoms with Gasteiger partial charge in [-0.2, -0.15) is 4.39 Å². The van der Waals surface area contributed by atoms with Gasteiger partial charge in [-0.25, -0.2) is 4.39 Å². The van der Waals surface area contributed by atoms with Gasteiger partial charge in [0.2, 0.25) is 0 Å². The van der Waals surface area contributed by atoms with Gasteiger partial charge in [0.05, 0.1) is 0 Å². The molecule has 0 saturated heterocycles. The molecule has 1 heterocycles. The molecule has 0 saturated carbocycles. The number of fused-ring (bicyclic) bond motifs is 1. The molecular formula is C14H18F2O. The predicted molar refractivity (Wildman–Crippen MR) is 63.7 cm³/mol. The lowest BCUT2D eigenvalue weighted by molar-refractivity contribution is -0.136. The van der Waals surface area contributed by atoms with Crippen LogP contribution in [0.15, 0.2) is 24.3 Å². The smallest absolute Gasteiger partial charge is 0.279 e. The number of hydrogen-bond donors (Lipinski definition) is 0. The summed E-state index contributed by atoms with van der Waals surface area (Å²) in [6, 6.07) is 7.09. The van der Waals surface area contributed by atoms with E-state index in [1.165, 1.54) is 0 Å². The number of unbranched alkanes of at least 4 members (excludes halogenated alkanes) is 2. The highest BCUT2D eigenvalue weighted by molar-refractivity contribution is 5.36. The lowest BCUT2D eigenvalue weighted by atomic mass is 9.95. The molecule has 0 aliphatic carbocycles. The minimum Gasteiger partial charge on any atom is -0.454 e. The van der Waals surface area contributed by atoms with Gasteiger partial charge in [-0.05, 0) is 18.1 Å². The van der Waals surface area contributed by atoms with E-state index in [4.69, 9.17) is 4.74 Å². The number of ether oxygens (including phenoxy) is 1. The number of alkyl halides is 2. The van der Waals surface area contributed by atoms with E-state index >= 15 is 0 Å². The number of rotatable bonds is 4. The van der Waals surface area contributed by atoms with E-state index in [1.54, 1.807) is 18.2 Å². The van der Waals surface area contributed by atoms with Crippen molar-refractivity contribution in [3.05, 3.63) is 29.8 Å². The molecule has 0 radical (unpaired) electrons. The first kappa shape index (κ1) is 12.3. The fraction of sp³-hybridized carbons (Fsp3) is 0.571. The maximum absolute atomic E-state index is 14.4. The summed E-state index contributed by atoms with van der Waals surface area (Å²) in [4.78, 5) is 0. The van der Waals surface area contributed by atoms with E-state index in [1.807, 2.05) is 13.0 Å². The summed E-state index contributed by atoms with van der Waals surface area (Å²) in [5, 5.41) is 0. The Balaban J connectivity index is 2.10. The summed E-state index contributed by atoms with van der Waals surface area (Å²) in [5.74, 6) is -1.65. The molecule has 2 unspecified atom stereocenters. The summed E-state index contributed by atoms with van der Waals surface area (Å²) in [6.45, 7) is 2.04. The molecule has 0 amide bonds. The van der Waals surface area contributed by atoms with Gasteiger partial charge in [0.25, 0.3) is 5.85 Å². The Morgan fingerprint density at radius 2 is 2.12 bits per heavy atom. The molecule has 17 heavy (non-hydrogen) atoms. The molecule has 1 nitrogen and oxygen atoms in total. The van der Waals surface area contributed by atoms with Crippen LogP contribution in [0, 0.1) is 0 Å². The van der Waals surface area contributed by atoms with E-state index in [2.05, 4.69) is 0 Å². The average Bonchev–Trinajstić information content (AvgIpc) is 2.31. The van der Waals surface area contributed by atoms with Gasteiger partial charge in [0.15, 0.2) is 6.17 Å². The minimum atomic E-state index is -2.14. The largest absolute Gasteiger partial charge is 0.454 e. The SMILES string of the molecule is CCCCCC1(F)Oc2ccccc2CC1F. The molecule has 1 aliphatic heterocycles. The van der Waals surface area contributed by atoms with Crippen molar-refractivity contribution in [2.75, 3.05) is 0 Å². The molecule has 0 bridgehead atoms. The quantitative estimate of drug-likeness (QED) is 0.716. The van der Waals surface area contributed by atoms with Crippen molar-refractivity contribution in [1.82, 2.24) is 0 Å². The summed E-state index contributed by atoms with van der Waals surface area (Å²) in [5.41, 5.74) is 0.753. The third-order valence-corrected chi connectivity index (χ3v) is 3.24. The van der Waals surface area contributed by atoms with Gasteiger partial charge in [0.1, 0.15) is 5.75 Å². The fourth-order valence-electron chi connectivity index (χ4n) is 2.19. The molecule has 3 heteroatoms. The summed E-state index contributed by atoms with van der Waals surface area (Å²) in [7, 11) is 0. The van der Waals surface area contributed by atoms with Crippen LogP contribution in [0.4, 0.5) is 8.78 Å². The minimum absolute atomic E-state index is 0.110. The number of halogens is 2.